The molecule has 0 saturated heterocycles. The number of hydrogen-bond acceptors (Lipinski definition) is 2. The van der Waals surface area contributed by atoms with Crippen LogP contribution in [0, 0.1) is 11.3 Å². The van der Waals surface area contributed by atoms with E-state index in [4.69, 9.17) is 5.73 Å². The lowest BCUT2D eigenvalue weighted by molar-refractivity contribution is 0.288. The van der Waals surface area contributed by atoms with Crippen LogP contribution in [0.15, 0.2) is 23.4 Å². The molecule has 0 saturated carbocycles. The Kier molecular flexibility index (Phi) is 4.81. The van der Waals surface area contributed by atoms with Gasteiger partial charge in [0.15, 0.2) is 0 Å². The van der Waals surface area contributed by atoms with E-state index in [9.17, 15) is 0 Å². The van der Waals surface area contributed by atoms with Gasteiger partial charge in [-0.05, 0) is 42.2 Å². The monoisotopic (exact) mass is 236 g/mol. The molecule has 0 aromatic carbocycles. The molecule has 0 fully saturated rings. The molecule has 1 aliphatic carbocycles. The van der Waals surface area contributed by atoms with Crippen molar-refractivity contribution >= 4 is 0 Å². The highest BCUT2D eigenvalue weighted by atomic mass is 15.0. The van der Waals surface area contributed by atoms with Crippen LogP contribution in [-0.2, 0) is 0 Å². The first-order chi connectivity index (χ1) is 7.80. The molecule has 0 spiro atoms. The zero-order valence-corrected chi connectivity index (χ0v) is 12.0. The molecule has 2 nitrogen and oxygen atoms in total. The van der Waals surface area contributed by atoms with Crippen molar-refractivity contribution in [2.45, 2.75) is 60.0 Å². The van der Waals surface area contributed by atoms with E-state index in [1.54, 1.807) is 0 Å². The summed E-state index contributed by atoms with van der Waals surface area (Å²) >= 11 is 0. The van der Waals surface area contributed by atoms with Gasteiger partial charge in [0.25, 0.3) is 0 Å². The lowest BCUT2D eigenvalue weighted by atomic mass is 9.92. The van der Waals surface area contributed by atoms with Gasteiger partial charge in [-0.15, -0.1) is 0 Å². The van der Waals surface area contributed by atoms with E-state index in [2.05, 4.69) is 52.1 Å². The van der Waals surface area contributed by atoms with Crippen LogP contribution < -0.4 is 11.1 Å². The molecule has 0 heterocycles. The van der Waals surface area contributed by atoms with E-state index in [1.807, 2.05) is 0 Å². The normalized spacial score (nSPS) is 19.5. The van der Waals surface area contributed by atoms with Crippen molar-refractivity contribution in [1.29, 1.82) is 0 Å². The average Bonchev–Trinajstić information content (AvgIpc) is 2.41. The molecule has 98 valence electrons. The third kappa shape index (κ3) is 4.55. The quantitative estimate of drug-likeness (QED) is 0.735. The Balaban J connectivity index is 2.73. The van der Waals surface area contributed by atoms with E-state index in [-0.39, 0.29) is 11.6 Å². The van der Waals surface area contributed by atoms with Crippen LogP contribution in [0.3, 0.4) is 0 Å². The van der Waals surface area contributed by atoms with Gasteiger partial charge in [0.1, 0.15) is 0 Å². The van der Waals surface area contributed by atoms with Crippen molar-refractivity contribution in [2.75, 3.05) is 0 Å². The molecule has 0 aromatic rings. The van der Waals surface area contributed by atoms with Crippen molar-refractivity contribution in [3.63, 3.8) is 0 Å². The van der Waals surface area contributed by atoms with Crippen molar-refractivity contribution in [1.82, 2.24) is 5.32 Å². The highest BCUT2D eigenvalue weighted by Crippen LogP contribution is 2.23. The van der Waals surface area contributed by atoms with Crippen molar-refractivity contribution < 1.29 is 0 Å². The Bertz CT molecular complexity index is 305. The van der Waals surface area contributed by atoms with E-state index < -0.39 is 0 Å². The van der Waals surface area contributed by atoms with Gasteiger partial charge < -0.3 is 11.1 Å². The maximum Gasteiger partial charge on any atom is 0.0789 e. The Morgan fingerprint density at radius 3 is 2.47 bits per heavy atom. The lowest BCUT2D eigenvalue weighted by Crippen LogP contribution is -2.46. The van der Waals surface area contributed by atoms with Crippen LogP contribution in [0.25, 0.3) is 0 Å². The van der Waals surface area contributed by atoms with Crippen LogP contribution in [0.1, 0.15) is 53.9 Å². The van der Waals surface area contributed by atoms with Gasteiger partial charge in [0.05, 0.1) is 6.17 Å². The molecule has 0 aromatic heterocycles. The number of hydrogen-bond donors (Lipinski definition) is 2. The molecule has 1 rings (SSSR count). The third-order valence-corrected chi connectivity index (χ3v) is 3.31. The van der Waals surface area contributed by atoms with Crippen LogP contribution in [0.5, 0.6) is 0 Å². The first-order valence-electron chi connectivity index (χ1n) is 6.73. The van der Waals surface area contributed by atoms with Gasteiger partial charge >= 0.3 is 0 Å². The predicted octanol–water partition coefficient (Wildman–Crippen LogP) is 3.56. The Morgan fingerprint density at radius 2 is 1.94 bits per heavy atom. The molecule has 0 radical (unpaired) electrons. The highest BCUT2D eigenvalue weighted by Gasteiger charge is 2.21. The highest BCUT2D eigenvalue weighted by molar-refractivity contribution is 5.26. The summed E-state index contributed by atoms with van der Waals surface area (Å²) in [6, 6.07) is 0. The van der Waals surface area contributed by atoms with E-state index in [0.29, 0.717) is 5.92 Å². The van der Waals surface area contributed by atoms with Crippen LogP contribution in [0.4, 0.5) is 0 Å². The largest absolute Gasteiger partial charge is 0.373 e. The van der Waals surface area contributed by atoms with Gasteiger partial charge in [0.2, 0.25) is 0 Å². The summed E-state index contributed by atoms with van der Waals surface area (Å²) in [5.74, 6) is 0.593. The van der Waals surface area contributed by atoms with E-state index in [1.165, 1.54) is 24.1 Å². The van der Waals surface area contributed by atoms with Gasteiger partial charge in [-0.2, -0.15) is 0 Å². The lowest BCUT2D eigenvalue weighted by Gasteiger charge is -2.30. The van der Waals surface area contributed by atoms with Gasteiger partial charge in [-0.25, -0.2) is 0 Å². The zero-order chi connectivity index (χ0) is 13.1. The second-order valence-corrected chi connectivity index (χ2v) is 6.41. The van der Waals surface area contributed by atoms with Crippen molar-refractivity contribution in [2.24, 2.45) is 17.1 Å². The smallest absolute Gasteiger partial charge is 0.0789 e. The van der Waals surface area contributed by atoms with Gasteiger partial charge in [-0.3, -0.25) is 0 Å². The van der Waals surface area contributed by atoms with Crippen molar-refractivity contribution in [3.8, 4) is 0 Å². The minimum atomic E-state index is 0.0141. The summed E-state index contributed by atoms with van der Waals surface area (Å²) in [4.78, 5) is 0. The fourth-order valence-electron chi connectivity index (χ4n) is 1.83. The maximum absolute atomic E-state index is 6.18. The van der Waals surface area contributed by atoms with E-state index in [0.717, 1.165) is 6.42 Å². The van der Waals surface area contributed by atoms with Gasteiger partial charge in [0, 0.05) is 5.70 Å². The number of allylic oxidation sites excluding steroid dienone is 4. The Morgan fingerprint density at radius 1 is 1.29 bits per heavy atom. The van der Waals surface area contributed by atoms with Crippen LogP contribution in [0.2, 0.25) is 0 Å². The van der Waals surface area contributed by atoms with E-state index >= 15 is 0 Å². The molecule has 1 atom stereocenters. The first-order valence-corrected chi connectivity index (χ1v) is 6.73. The fourth-order valence-corrected chi connectivity index (χ4v) is 1.83. The molecule has 1 unspecified atom stereocenters. The minimum absolute atomic E-state index is 0.0141. The average molecular weight is 236 g/mol. The SMILES string of the molecule is CC(C)C1=CCCCC(NC(N)C(C)(C)C)=C1. The summed E-state index contributed by atoms with van der Waals surface area (Å²) < 4.78 is 0. The molecular weight excluding hydrogens is 208 g/mol. The Hall–Kier alpha value is -0.760. The van der Waals surface area contributed by atoms with Crippen LogP contribution >= 0.6 is 0 Å². The predicted molar refractivity (Wildman–Crippen MR) is 75.4 cm³/mol. The molecule has 0 aliphatic heterocycles. The molecule has 2 heteroatoms. The minimum Gasteiger partial charge on any atom is -0.373 e. The second kappa shape index (κ2) is 5.72. The third-order valence-electron chi connectivity index (χ3n) is 3.31. The van der Waals surface area contributed by atoms with Crippen molar-refractivity contribution in [3.05, 3.63) is 23.4 Å². The second-order valence-electron chi connectivity index (χ2n) is 6.41. The molecular formula is C15H28N2. The zero-order valence-electron chi connectivity index (χ0n) is 12.0. The summed E-state index contributed by atoms with van der Waals surface area (Å²) in [5, 5.41) is 3.48. The molecule has 1 aliphatic rings. The summed E-state index contributed by atoms with van der Waals surface area (Å²) in [6.45, 7) is 11.0. The summed E-state index contributed by atoms with van der Waals surface area (Å²) in [5.41, 5.74) is 9.01. The van der Waals surface area contributed by atoms with Gasteiger partial charge in [-0.1, -0.05) is 40.7 Å². The molecule has 3 N–H and O–H groups in total. The maximum atomic E-state index is 6.18. The van der Waals surface area contributed by atoms with Crippen LogP contribution in [-0.4, -0.2) is 6.17 Å². The topological polar surface area (TPSA) is 38.0 Å². The summed E-state index contributed by atoms with van der Waals surface area (Å²) in [6.07, 6.45) is 8.17. The number of nitrogens with two attached hydrogens (primary N) is 1. The Labute approximate surface area is 106 Å². The molecule has 0 amide bonds. The standard InChI is InChI=1S/C15H28N2/c1-11(2)12-8-6-7-9-13(10-12)17-14(16)15(3,4)5/h8,10-11,14,17H,6-7,9,16H2,1-5H3. The molecule has 0 bridgehead atoms. The molecule has 17 heavy (non-hydrogen) atoms. The number of rotatable bonds is 3. The number of nitrogens with one attached hydrogen (secondary N) is 1. The first kappa shape index (κ1) is 14.3. The summed E-state index contributed by atoms with van der Waals surface area (Å²) in [7, 11) is 0. The fraction of sp³-hybridized carbons (Fsp3) is 0.733.